The van der Waals surface area contributed by atoms with Gasteiger partial charge in [0.05, 0.1) is 10.7 Å². The molecule has 0 fully saturated rings. The summed E-state index contributed by atoms with van der Waals surface area (Å²) >= 11 is 5.74. The topological polar surface area (TPSA) is 38.3 Å². The largest absolute Gasteiger partial charge is 0.411 e. The van der Waals surface area contributed by atoms with E-state index in [9.17, 15) is 18.0 Å². The summed E-state index contributed by atoms with van der Waals surface area (Å²) in [5.74, 6) is -0.692. The third kappa shape index (κ3) is 5.55. The van der Waals surface area contributed by atoms with E-state index in [-0.39, 0.29) is 0 Å². The highest BCUT2D eigenvalue weighted by Crippen LogP contribution is 2.20. The van der Waals surface area contributed by atoms with Crippen molar-refractivity contribution in [3.05, 3.63) is 29.3 Å². The fourth-order valence-electron chi connectivity index (χ4n) is 1.01. The van der Waals surface area contributed by atoms with Gasteiger partial charge < -0.3 is 10.1 Å². The number of hydrogen-bond donors (Lipinski definition) is 1. The fraction of sp³-hybridized carbons (Fsp3) is 0.300. The van der Waals surface area contributed by atoms with Crippen LogP contribution in [0.4, 0.5) is 18.9 Å². The first-order chi connectivity index (χ1) is 7.88. The molecule has 1 aromatic carbocycles. The van der Waals surface area contributed by atoms with Gasteiger partial charge in [-0.25, -0.2) is 0 Å². The SMILES string of the molecule is O=C(COCC(F)(F)F)Nc1ccccc1Cl. The number of ether oxygens (including phenoxy) is 1. The zero-order chi connectivity index (χ0) is 12.9. The molecule has 7 heteroatoms. The molecule has 0 aliphatic carbocycles. The predicted molar refractivity (Wildman–Crippen MR) is 57.0 cm³/mol. The van der Waals surface area contributed by atoms with E-state index in [0.29, 0.717) is 10.7 Å². The average Bonchev–Trinajstić information content (AvgIpc) is 2.19. The zero-order valence-electron chi connectivity index (χ0n) is 8.55. The summed E-state index contributed by atoms with van der Waals surface area (Å²) in [6, 6.07) is 6.38. The molecule has 0 unspecified atom stereocenters. The van der Waals surface area contributed by atoms with Gasteiger partial charge in [0, 0.05) is 0 Å². The van der Waals surface area contributed by atoms with Crippen LogP contribution in [0.2, 0.25) is 5.02 Å². The lowest BCUT2D eigenvalue weighted by atomic mass is 10.3. The van der Waals surface area contributed by atoms with Crippen LogP contribution < -0.4 is 5.32 Å². The third-order valence-corrected chi connectivity index (χ3v) is 1.98. The van der Waals surface area contributed by atoms with E-state index in [4.69, 9.17) is 11.6 Å². The van der Waals surface area contributed by atoms with E-state index in [1.54, 1.807) is 18.2 Å². The van der Waals surface area contributed by atoms with E-state index in [1.807, 2.05) is 0 Å². The molecule has 1 N–H and O–H groups in total. The molecule has 0 aliphatic rings. The maximum atomic E-state index is 11.7. The lowest BCUT2D eigenvalue weighted by Crippen LogP contribution is -2.24. The summed E-state index contributed by atoms with van der Waals surface area (Å²) in [6.45, 7) is -2.13. The number of anilines is 1. The van der Waals surface area contributed by atoms with Crippen molar-refractivity contribution in [3.8, 4) is 0 Å². The number of para-hydroxylation sites is 1. The second-order valence-electron chi connectivity index (χ2n) is 3.14. The number of benzene rings is 1. The minimum Gasteiger partial charge on any atom is -0.362 e. The monoisotopic (exact) mass is 267 g/mol. The summed E-state index contributed by atoms with van der Waals surface area (Å²) in [5, 5.41) is 2.64. The Morgan fingerprint density at radius 3 is 2.59 bits per heavy atom. The summed E-state index contributed by atoms with van der Waals surface area (Å²) in [5.41, 5.74) is 0.328. The lowest BCUT2D eigenvalue weighted by molar-refractivity contribution is -0.174. The minimum absolute atomic E-state index is 0.302. The lowest BCUT2D eigenvalue weighted by Gasteiger charge is -2.09. The zero-order valence-corrected chi connectivity index (χ0v) is 9.31. The van der Waals surface area contributed by atoms with Gasteiger partial charge in [0.1, 0.15) is 13.2 Å². The Kier molecular flexibility index (Phi) is 4.77. The van der Waals surface area contributed by atoms with Crippen LogP contribution in [0.5, 0.6) is 0 Å². The number of amides is 1. The normalized spacial score (nSPS) is 11.3. The standard InChI is InChI=1S/C10H9ClF3NO2/c11-7-3-1-2-4-8(7)15-9(16)5-17-6-10(12,13)14/h1-4H,5-6H2,(H,15,16). The maximum absolute atomic E-state index is 11.7. The number of hydrogen-bond acceptors (Lipinski definition) is 2. The number of rotatable bonds is 4. The number of nitrogens with one attached hydrogen (secondary N) is 1. The van der Waals surface area contributed by atoms with Crippen LogP contribution >= 0.6 is 11.6 Å². The molecular formula is C10H9ClF3NO2. The van der Waals surface area contributed by atoms with Crippen LogP contribution in [0.15, 0.2) is 24.3 Å². The van der Waals surface area contributed by atoms with Crippen molar-refractivity contribution in [1.82, 2.24) is 0 Å². The summed E-state index contributed by atoms with van der Waals surface area (Å²) < 4.78 is 39.3. The Morgan fingerprint density at radius 2 is 2.00 bits per heavy atom. The molecule has 0 heterocycles. The van der Waals surface area contributed by atoms with Gasteiger partial charge in [-0.2, -0.15) is 13.2 Å². The van der Waals surface area contributed by atoms with Gasteiger partial charge in [-0.05, 0) is 12.1 Å². The van der Waals surface area contributed by atoms with Gasteiger partial charge in [0.25, 0.3) is 0 Å². The molecule has 0 saturated heterocycles. The van der Waals surface area contributed by atoms with Crippen LogP contribution in [0.1, 0.15) is 0 Å². The Hall–Kier alpha value is -1.27. The quantitative estimate of drug-likeness (QED) is 0.911. The van der Waals surface area contributed by atoms with Crippen LogP contribution in [-0.4, -0.2) is 25.3 Å². The molecule has 1 aromatic rings. The molecule has 0 atom stereocenters. The Bertz CT molecular complexity index is 395. The molecule has 0 aliphatic heterocycles. The highest BCUT2D eigenvalue weighted by molar-refractivity contribution is 6.33. The summed E-state index contributed by atoms with van der Waals surface area (Å²) in [7, 11) is 0. The summed E-state index contributed by atoms with van der Waals surface area (Å²) in [6.07, 6.45) is -4.44. The van der Waals surface area contributed by atoms with Crippen molar-refractivity contribution < 1.29 is 22.7 Å². The molecule has 0 spiro atoms. The van der Waals surface area contributed by atoms with Crippen LogP contribution in [0, 0.1) is 0 Å². The van der Waals surface area contributed by atoms with E-state index >= 15 is 0 Å². The highest BCUT2D eigenvalue weighted by Gasteiger charge is 2.27. The third-order valence-electron chi connectivity index (χ3n) is 1.65. The van der Waals surface area contributed by atoms with Crippen molar-refractivity contribution in [2.45, 2.75) is 6.18 Å². The van der Waals surface area contributed by atoms with E-state index in [2.05, 4.69) is 10.1 Å². The van der Waals surface area contributed by atoms with Gasteiger partial charge in [-0.3, -0.25) is 4.79 Å². The number of alkyl halides is 3. The fourth-order valence-corrected chi connectivity index (χ4v) is 1.19. The number of carbonyl (C=O) groups excluding carboxylic acids is 1. The second-order valence-corrected chi connectivity index (χ2v) is 3.54. The maximum Gasteiger partial charge on any atom is 0.411 e. The molecule has 1 rings (SSSR count). The average molecular weight is 268 g/mol. The molecule has 0 radical (unpaired) electrons. The van der Waals surface area contributed by atoms with Crippen molar-refractivity contribution in [2.24, 2.45) is 0 Å². The molecule has 0 aromatic heterocycles. The van der Waals surface area contributed by atoms with Crippen molar-refractivity contribution >= 4 is 23.2 Å². The van der Waals surface area contributed by atoms with Gasteiger partial charge in [-0.1, -0.05) is 23.7 Å². The smallest absolute Gasteiger partial charge is 0.362 e. The van der Waals surface area contributed by atoms with Crippen LogP contribution in [0.3, 0.4) is 0 Å². The van der Waals surface area contributed by atoms with Crippen LogP contribution in [0.25, 0.3) is 0 Å². The molecule has 17 heavy (non-hydrogen) atoms. The molecule has 94 valence electrons. The minimum atomic E-state index is -4.44. The Balaban J connectivity index is 2.38. The van der Waals surface area contributed by atoms with Gasteiger partial charge in [0.2, 0.25) is 5.91 Å². The molecule has 1 amide bonds. The number of carbonyl (C=O) groups is 1. The molecule has 0 bridgehead atoms. The van der Waals surface area contributed by atoms with E-state index in [1.165, 1.54) is 6.07 Å². The van der Waals surface area contributed by atoms with Crippen molar-refractivity contribution in [3.63, 3.8) is 0 Å². The van der Waals surface area contributed by atoms with Crippen LogP contribution in [-0.2, 0) is 9.53 Å². The first-order valence-electron chi connectivity index (χ1n) is 4.57. The Morgan fingerprint density at radius 1 is 1.35 bits per heavy atom. The molecule has 0 saturated carbocycles. The Labute approximate surface area is 101 Å². The second kappa shape index (κ2) is 5.88. The molecular weight excluding hydrogens is 259 g/mol. The van der Waals surface area contributed by atoms with Crippen molar-refractivity contribution in [2.75, 3.05) is 18.5 Å². The first-order valence-corrected chi connectivity index (χ1v) is 4.95. The first kappa shape index (κ1) is 13.8. The number of halogens is 4. The summed E-state index contributed by atoms with van der Waals surface area (Å²) in [4.78, 5) is 11.2. The van der Waals surface area contributed by atoms with Gasteiger partial charge in [-0.15, -0.1) is 0 Å². The van der Waals surface area contributed by atoms with Crippen molar-refractivity contribution in [1.29, 1.82) is 0 Å². The van der Waals surface area contributed by atoms with Gasteiger partial charge in [0.15, 0.2) is 0 Å². The van der Waals surface area contributed by atoms with E-state index < -0.39 is 25.3 Å². The predicted octanol–water partition coefficient (Wildman–Crippen LogP) is 2.86. The highest BCUT2D eigenvalue weighted by atomic mass is 35.5. The molecule has 3 nitrogen and oxygen atoms in total. The van der Waals surface area contributed by atoms with Gasteiger partial charge >= 0.3 is 6.18 Å². The van der Waals surface area contributed by atoms with E-state index in [0.717, 1.165) is 0 Å².